The van der Waals surface area contributed by atoms with Gasteiger partial charge in [-0.15, -0.1) is 0 Å². The quantitative estimate of drug-likeness (QED) is 0.583. The lowest BCUT2D eigenvalue weighted by molar-refractivity contribution is -0.166. The summed E-state index contributed by atoms with van der Waals surface area (Å²) in [6.45, 7) is 0.293. The molecule has 1 aromatic rings. The SMILES string of the molecule is O=C1[C@H](O)[C@H](O)[C@H](O)CN1Cc1ccncc1. The molecule has 0 radical (unpaired) electrons. The smallest absolute Gasteiger partial charge is 0.254 e. The van der Waals surface area contributed by atoms with Gasteiger partial charge >= 0.3 is 0 Å². The van der Waals surface area contributed by atoms with Crippen LogP contribution in [0.2, 0.25) is 0 Å². The maximum absolute atomic E-state index is 11.7. The number of amides is 1. The lowest BCUT2D eigenvalue weighted by Gasteiger charge is -2.36. The number of hydrogen-bond donors (Lipinski definition) is 3. The number of aliphatic hydroxyl groups is 3. The van der Waals surface area contributed by atoms with Crippen molar-refractivity contribution in [2.45, 2.75) is 24.9 Å². The van der Waals surface area contributed by atoms with Crippen molar-refractivity contribution in [2.24, 2.45) is 0 Å². The van der Waals surface area contributed by atoms with Gasteiger partial charge in [0.25, 0.3) is 5.91 Å². The van der Waals surface area contributed by atoms with E-state index >= 15 is 0 Å². The van der Waals surface area contributed by atoms with Crippen molar-refractivity contribution in [3.8, 4) is 0 Å². The first-order chi connectivity index (χ1) is 8.09. The van der Waals surface area contributed by atoms with E-state index in [1.165, 1.54) is 4.90 Å². The van der Waals surface area contributed by atoms with Crippen LogP contribution in [0.25, 0.3) is 0 Å². The van der Waals surface area contributed by atoms with Crippen LogP contribution < -0.4 is 0 Å². The number of rotatable bonds is 2. The highest BCUT2D eigenvalue weighted by Crippen LogP contribution is 2.16. The second-order valence-corrected chi connectivity index (χ2v) is 4.08. The summed E-state index contributed by atoms with van der Waals surface area (Å²) in [5, 5.41) is 28.3. The topological polar surface area (TPSA) is 93.9 Å². The molecule has 0 saturated carbocycles. The molecule has 1 aliphatic heterocycles. The molecule has 1 amide bonds. The van der Waals surface area contributed by atoms with Gasteiger partial charge in [-0.2, -0.15) is 0 Å². The molecule has 6 nitrogen and oxygen atoms in total. The number of aliphatic hydroxyl groups excluding tert-OH is 3. The van der Waals surface area contributed by atoms with Crippen molar-refractivity contribution in [3.63, 3.8) is 0 Å². The van der Waals surface area contributed by atoms with Crippen LogP contribution in [0.5, 0.6) is 0 Å². The summed E-state index contributed by atoms with van der Waals surface area (Å²) in [4.78, 5) is 16.8. The number of nitrogens with zero attached hydrogens (tertiary/aromatic N) is 2. The summed E-state index contributed by atoms with van der Waals surface area (Å²) in [5.41, 5.74) is 0.851. The zero-order chi connectivity index (χ0) is 12.4. The van der Waals surface area contributed by atoms with E-state index in [0.717, 1.165) is 5.56 Å². The molecule has 3 N–H and O–H groups in total. The largest absolute Gasteiger partial charge is 0.388 e. The fourth-order valence-corrected chi connectivity index (χ4v) is 1.82. The average molecular weight is 238 g/mol. The first kappa shape index (κ1) is 12.0. The number of pyridine rings is 1. The molecule has 17 heavy (non-hydrogen) atoms. The highest BCUT2D eigenvalue weighted by molar-refractivity contribution is 5.82. The Morgan fingerprint density at radius 1 is 1.29 bits per heavy atom. The number of β-amino-alcohol motifs (C(OH)–C–C–N with tert-alkyl or cyclic N) is 1. The normalized spacial score (nSPS) is 29.5. The highest BCUT2D eigenvalue weighted by atomic mass is 16.4. The third-order valence-corrected chi connectivity index (χ3v) is 2.81. The molecule has 1 fully saturated rings. The number of aromatic nitrogens is 1. The Kier molecular flexibility index (Phi) is 3.37. The molecule has 1 aromatic heterocycles. The van der Waals surface area contributed by atoms with Crippen LogP contribution in [0, 0.1) is 0 Å². The van der Waals surface area contributed by atoms with Crippen LogP contribution in [-0.2, 0) is 11.3 Å². The van der Waals surface area contributed by atoms with E-state index in [-0.39, 0.29) is 13.1 Å². The number of hydrogen-bond acceptors (Lipinski definition) is 5. The number of carbonyl (C=O) groups is 1. The van der Waals surface area contributed by atoms with E-state index in [0.29, 0.717) is 0 Å². The van der Waals surface area contributed by atoms with Crippen molar-refractivity contribution in [1.82, 2.24) is 9.88 Å². The molecule has 2 heterocycles. The summed E-state index contributed by atoms with van der Waals surface area (Å²) in [7, 11) is 0. The molecular formula is C11H14N2O4. The lowest BCUT2D eigenvalue weighted by Crippen LogP contribution is -2.58. The van der Waals surface area contributed by atoms with E-state index in [1.807, 2.05) is 0 Å². The Labute approximate surface area is 98.1 Å². The molecule has 1 saturated heterocycles. The summed E-state index contributed by atoms with van der Waals surface area (Å²) in [6.07, 6.45) is -0.877. The molecule has 1 aliphatic rings. The number of likely N-dealkylation sites (tertiary alicyclic amines) is 1. The molecule has 0 unspecified atom stereocenters. The van der Waals surface area contributed by atoms with Gasteiger partial charge in [0.2, 0.25) is 0 Å². The summed E-state index contributed by atoms with van der Waals surface area (Å²) < 4.78 is 0. The van der Waals surface area contributed by atoms with E-state index in [1.54, 1.807) is 24.5 Å². The van der Waals surface area contributed by atoms with Gasteiger partial charge in [-0.25, -0.2) is 0 Å². The number of carbonyl (C=O) groups excluding carboxylic acids is 1. The minimum atomic E-state index is -1.56. The van der Waals surface area contributed by atoms with Gasteiger partial charge in [0, 0.05) is 25.5 Å². The average Bonchev–Trinajstić information content (AvgIpc) is 2.35. The van der Waals surface area contributed by atoms with Crippen LogP contribution in [-0.4, -0.2) is 56.0 Å². The van der Waals surface area contributed by atoms with Crippen LogP contribution in [0.15, 0.2) is 24.5 Å². The fourth-order valence-electron chi connectivity index (χ4n) is 1.82. The first-order valence-electron chi connectivity index (χ1n) is 5.31. The molecule has 0 aliphatic carbocycles. The number of piperidine rings is 1. The molecule has 0 aromatic carbocycles. The minimum absolute atomic E-state index is 0.0133. The van der Waals surface area contributed by atoms with Crippen LogP contribution >= 0.6 is 0 Å². The first-order valence-corrected chi connectivity index (χ1v) is 5.31. The van der Waals surface area contributed by atoms with Gasteiger partial charge in [-0.1, -0.05) is 0 Å². The third-order valence-electron chi connectivity index (χ3n) is 2.81. The Morgan fingerprint density at radius 2 is 1.94 bits per heavy atom. The van der Waals surface area contributed by atoms with Gasteiger partial charge in [0.05, 0.1) is 0 Å². The van der Waals surface area contributed by atoms with E-state index in [9.17, 15) is 20.1 Å². The predicted octanol–water partition coefficient (Wildman–Crippen LogP) is -1.49. The Balaban J connectivity index is 2.09. The van der Waals surface area contributed by atoms with E-state index < -0.39 is 24.2 Å². The maximum atomic E-state index is 11.7. The lowest BCUT2D eigenvalue weighted by atomic mass is 10.0. The Hall–Kier alpha value is -1.50. The zero-order valence-electron chi connectivity index (χ0n) is 9.10. The van der Waals surface area contributed by atoms with Crippen molar-refractivity contribution in [1.29, 1.82) is 0 Å². The van der Waals surface area contributed by atoms with Crippen LogP contribution in [0.1, 0.15) is 5.56 Å². The van der Waals surface area contributed by atoms with Crippen molar-refractivity contribution >= 4 is 5.91 Å². The van der Waals surface area contributed by atoms with Gasteiger partial charge < -0.3 is 20.2 Å². The van der Waals surface area contributed by atoms with Gasteiger partial charge in [-0.3, -0.25) is 9.78 Å². The van der Waals surface area contributed by atoms with Gasteiger partial charge in [-0.05, 0) is 17.7 Å². The Morgan fingerprint density at radius 3 is 2.59 bits per heavy atom. The van der Waals surface area contributed by atoms with E-state index in [2.05, 4.69) is 4.98 Å². The van der Waals surface area contributed by atoms with Crippen molar-refractivity contribution in [3.05, 3.63) is 30.1 Å². The molecule has 2 rings (SSSR count). The molecule has 3 atom stereocenters. The molecule has 6 heteroatoms. The highest BCUT2D eigenvalue weighted by Gasteiger charge is 2.39. The van der Waals surface area contributed by atoms with Gasteiger partial charge in [0.1, 0.15) is 12.2 Å². The third kappa shape index (κ3) is 2.44. The van der Waals surface area contributed by atoms with Gasteiger partial charge in [0.15, 0.2) is 6.10 Å². The Bertz CT molecular complexity index is 398. The second kappa shape index (κ2) is 4.79. The van der Waals surface area contributed by atoms with E-state index in [4.69, 9.17) is 0 Å². The molecule has 0 spiro atoms. The van der Waals surface area contributed by atoms with Crippen molar-refractivity contribution < 1.29 is 20.1 Å². The summed E-state index contributed by atoms with van der Waals surface area (Å²) in [5.74, 6) is -0.570. The zero-order valence-corrected chi connectivity index (χ0v) is 9.10. The molecule has 92 valence electrons. The maximum Gasteiger partial charge on any atom is 0.254 e. The molecule has 0 bridgehead atoms. The minimum Gasteiger partial charge on any atom is -0.388 e. The van der Waals surface area contributed by atoms with Crippen LogP contribution in [0.4, 0.5) is 0 Å². The van der Waals surface area contributed by atoms with Crippen molar-refractivity contribution in [2.75, 3.05) is 6.54 Å². The molecular weight excluding hydrogens is 224 g/mol. The standard InChI is InChI=1S/C11H14N2O4/c14-8-6-13(11(17)10(16)9(8)15)5-7-1-3-12-4-2-7/h1-4,8-10,14-16H,5-6H2/t8-,9-,10-/m1/s1. The second-order valence-electron chi connectivity index (χ2n) is 4.08. The fraction of sp³-hybridized carbons (Fsp3) is 0.455. The summed E-state index contributed by atoms with van der Waals surface area (Å²) >= 11 is 0. The monoisotopic (exact) mass is 238 g/mol. The summed E-state index contributed by atoms with van der Waals surface area (Å²) in [6, 6.07) is 3.49. The predicted molar refractivity (Wildman–Crippen MR) is 57.7 cm³/mol. The van der Waals surface area contributed by atoms with Crippen LogP contribution in [0.3, 0.4) is 0 Å².